The number of ether oxygens (including phenoxy) is 2. The third-order valence-electron chi connectivity index (χ3n) is 2.41. The van der Waals surface area contributed by atoms with Gasteiger partial charge in [0.2, 0.25) is 0 Å². The number of esters is 1. The van der Waals surface area contributed by atoms with Crippen LogP contribution in [0.1, 0.15) is 20.8 Å². The summed E-state index contributed by atoms with van der Waals surface area (Å²) < 4.78 is 9.97. The van der Waals surface area contributed by atoms with Gasteiger partial charge < -0.3 is 14.8 Å². The molecule has 1 fully saturated rings. The number of cyclic esters (lactones) is 1. The smallest absolute Gasteiger partial charge is 0.407 e. The van der Waals surface area contributed by atoms with E-state index in [1.165, 1.54) is 0 Å². The highest BCUT2D eigenvalue weighted by Crippen LogP contribution is 2.22. The molecule has 0 aromatic rings. The van der Waals surface area contributed by atoms with E-state index < -0.39 is 11.7 Å². The second kappa shape index (κ2) is 5.21. The summed E-state index contributed by atoms with van der Waals surface area (Å²) in [6.07, 6.45) is 1.15. The van der Waals surface area contributed by atoms with Crippen LogP contribution < -0.4 is 5.32 Å². The first-order valence-electron chi connectivity index (χ1n) is 5.59. The highest BCUT2D eigenvalue weighted by atomic mass is 16.6. The summed E-state index contributed by atoms with van der Waals surface area (Å²) in [6, 6.07) is 0. The Morgan fingerprint density at radius 2 is 2.29 bits per heavy atom. The molecule has 5 nitrogen and oxygen atoms in total. The Hall–Kier alpha value is -1.52. The Bertz CT molecular complexity index is 319. The molecule has 1 N–H and O–H groups in total. The van der Waals surface area contributed by atoms with Crippen molar-refractivity contribution in [1.29, 1.82) is 0 Å². The van der Waals surface area contributed by atoms with E-state index in [2.05, 4.69) is 11.9 Å². The molecule has 5 heteroatoms. The summed E-state index contributed by atoms with van der Waals surface area (Å²) in [5.41, 5.74) is -0.544. The molecule has 1 aliphatic heterocycles. The summed E-state index contributed by atoms with van der Waals surface area (Å²) >= 11 is 0. The minimum atomic E-state index is -0.544. The van der Waals surface area contributed by atoms with Gasteiger partial charge in [-0.2, -0.15) is 0 Å². The van der Waals surface area contributed by atoms with Crippen LogP contribution in [-0.4, -0.2) is 30.8 Å². The molecule has 0 unspecified atom stereocenters. The second-order valence-corrected chi connectivity index (χ2v) is 5.02. The van der Waals surface area contributed by atoms with Crippen LogP contribution in [0.25, 0.3) is 0 Å². The Kier molecular flexibility index (Phi) is 4.15. The van der Waals surface area contributed by atoms with Gasteiger partial charge >= 0.3 is 12.1 Å². The highest BCUT2D eigenvalue weighted by Gasteiger charge is 2.35. The van der Waals surface area contributed by atoms with Gasteiger partial charge in [0.15, 0.2) is 0 Å². The number of hydrogen-bond acceptors (Lipinski definition) is 4. The fourth-order valence-corrected chi connectivity index (χ4v) is 1.55. The van der Waals surface area contributed by atoms with Crippen LogP contribution in [0, 0.1) is 11.8 Å². The molecule has 1 saturated heterocycles. The molecular formula is C12H19NO4. The fourth-order valence-electron chi connectivity index (χ4n) is 1.55. The maximum Gasteiger partial charge on any atom is 0.407 e. The topological polar surface area (TPSA) is 64.6 Å². The van der Waals surface area contributed by atoms with Crippen molar-refractivity contribution < 1.29 is 19.1 Å². The molecule has 1 heterocycles. The maximum atomic E-state index is 11.4. The average Bonchev–Trinajstić information content (AvgIpc) is 2.53. The lowest BCUT2D eigenvalue weighted by Gasteiger charge is -2.20. The summed E-state index contributed by atoms with van der Waals surface area (Å²) in [5.74, 6) is -0.705. The molecule has 0 aromatic heterocycles. The number of nitrogens with one attached hydrogen (secondary N) is 1. The van der Waals surface area contributed by atoms with Crippen LogP contribution in [0.4, 0.5) is 4.79 Å². The molecule has 2 atom stereocenters. The van der Waals surface area contributed by atoms with Gasteiger partial charge in [-0.25, -0.2) is 4.79 Å². The summed E-state index contributed by atoms with van der Waals surface area (Å²) in [7, 11) is 0. The van der Waals surface area contributed by atoms with Crippen molar-refractivity contribution in [3.63, 3.8) is 0 Å². The van der Waals surface area contributed by atoms with Crippen molar-refractivity contribution in [2.45, 2.75) is 26.4 Å². The standard InChI is InChI=1S/C12H19NO4/c1-5-8-7-16-10(14)9(8)6-13-11(15)17-12(2,3)4/h5,8-9H,1,6-7H2,2-4H3,(H,13,15)/t8-,9-/m0/s1. The predicted octanol–water partition coefficient (Wildman–Crippen LogP) is 1.49. The Morgan fingerprint density at radius 1 is 1.65 bits per heavy atom. The van der Waals surface area contributed by atoms with Gasteiger partial charge in [0.05, 0.1) is 12.5 Å². The van der Waals surface area contributed by atoms with Gasteiger partial charge in [-0.1, -0.05) is 6.08 Å². The quantitative estimate of drug-likeness (QED) is 0.600. The van der Waals surface area contributed by atoms with E-state index in [1.54, 1.807) is 26.8 Å². The first-order chi connectivity index (χ1) is 7.83. The molecule has 1 amide bonds. The first-order valence-corrected chi connectivity index (χ1v) is 5.59. The second-order valence-electron chi connectivity index (χ2n) is 5.02. The normalized spacial score (nSPS) is 24.1. The molecule has 0 saturated carbocycles. The Balaban J connectivity index is 2.42. The molecule has 0 radical (unpaired) electrons. The van der Waals surface area contributed by atoms with Crippen molar-refractivity contribution in [1.82, 2.24) is 5.32 Å². The van der Waals surface area contributed by atoms with Crippen LogP contribution in [0.2, 0.25) is 0 Å². The monoisotopic (exact) mass is 241 g/mol. The zero-order valence-corrected chi connectivity index (χ0v) is 10.5. The predicted molar refractivity (Wildman–Crippen MR) is 62.4 cm³/mol. The summed E-state index contributed by atoms with van der Waals surface area (Å²) in [5, 5.41) is 2.57. The van der Waals surface area contributed by atoms with E-state index >= 15 is 0 Å². The maximum absolute atomic E-state index is 11.4. The lowest BCUT2D eigenvalue weighted by Crippen LogP contribution is -2.37. The van der Waals surface area contributed by atoms with Crippen molar-refractivity contribution in [3.8, 4) is 0 Å². The van der Waals surface area contributed by atoms with Crippen molar-refractivity contribution >= 4 is 12.1 Å². The number of alkyl carbamates (subject to hydrolysis) is 1. The summed E-state index contributed by atoms with van der Waals surface area (Å²) in [4.78, 5) is 22.8. The van der Waals surface area contributed by atoms with E-state index in [0.29, 0.717) is 6.61 Å². The van der Waals surface area contributed by atoms with Gasteiger partial charge in [0.25, 0.3) is 0 Å². The molecule has 0 aromatic carbocycles. The van der Waals surface area contributed by atoms with Crippen molar-refractivity contribution in [3.05, 3.63) is 12.7 Å². The first kappa shape index (κ1) is 13.5. The molecule has 17 heavy (non-hydrogen) atoms. The number of carbonyl (C=O) groups excluding carboxylic acids is 2. The Morgan fingerprint density at radius 3 is 2.82 bits per heavy atom. The van der Waals surface area contributed by atoms with E-state index in [4.69, 9.17) is 9.47 Å². The van der Waals surface area contributed by atoms with E-state index in [9.17, 15) is 9.59 Å². The lowest BCUT2D eigenvalue weighted by atomic mass is 9.96. The number of hydrogen-bond donors (Lipinski definition) is 1. The molecular weight excluding hydrogens is 222 g/mol. The van der Waals surface area contributed by atoms with Crippen LogP contribution in [0.3, 0.4) is 0 Å². The van der Waals surface area contributed by atoms with Crippen LogP contribution in [0.15, 0.2) is 12.7 Å². The number of rotatable bonds is 3. The van der Waals surface area contributed by atoms with Gasteiger partial charge in [-0.15, -0.1) is 6.58 Å². The summed E-state index contributed by atoms with van der Waals surface area (Å²) in [6.45, 7) is 9.53. The lowest BCUT2D eigenvalue weighted by molar-refractivity contribution is -0.141. The van der Waals surface area contributed by atoms with Gasteiger partial charge in [-0.05, 0) is 20.8 Å². The minimum Gasteiger partial charge on any atom is -0.465 e. The van der Waals surface area contributed by atoms with Gasteiger partial charge in [0.1, 0.15) is 5.60 Å². The zero-order valence-electron chi connectivity index (χ0n) is 10.5. The fraction of sp³-hybridized carbons (Fsp3) is 0.667. The molecule has 0 spiro atoms. The molecule has 1 rings (SSSR count). The van der Waals surface area contributed by atoms with Crippen LogP contribution in [0.5, 0.6) is 0 Å². The van der Waals surface area contributed by atoms with Crippen molar-refractivity contribution in [2.24, 2.45) is 11.8 Å². The van der Waals surface area contributed by atoms with Crippen LogP contribution in [-0.2, 0) is 14.3 Å². The SMILES string of the molecule is C=C[C@H]1COC(=O)[C@H]1CNC(=O)OC(C)(C)C. The van der Waals surface area contributed by atoms with Crippen LogP contribution >= 0.6 is 0 Å². The minimum absolute atomic E-state index is 0.0440. The molecule has 0 aliphatic carbocycles. The van der Waals surface area contributed by atoms with Gasteiger partial charge in [-0.3, -0.25) is 4.79 Å². The van der Waals surface area contributed by atoms with E-state index in [-0.39, 0.29) is 24.3 Å². The third-order valence-corrected chi connectivity index (χ3v) is 2.41. The van der Waals surface area contributed by atoms with E-state index in [1.807, 2.05) is 0 Å². The zero-order chi connectivity index (χ0) is 13.1. The van der Waals surface area contributed by atoms with Crippen molar-refractivity contribution in [2.75, 3.05) is 13.2 Å². The highest BCUT2D eigenvalue weighted by molar-refractivity contribution is 5.76. The number of carbonyl (C=O) groups is 2. The average molecular weight is 241 g/mol. The van der Waals surface area contributed by atoms with Gasteiger partial charge in [0, 0.05) is 12.5 Å². The van der Waals surface area contributed by atoms with E-state index in [0.717, 1.165) is 0 Å². The largest absolute Gasteiger partial charge is 0.465 e. The molecule has 96 valence electrons. The third kappa shape index (κ3) is 4.09. The molecule has 1 aliphatic rings. The molecule has 0 bridgehead atoms. The number of amides is 1. The Labute approximate surface area is 101 Å².